The third-order valence-electron chi connectivity index (χ3n) is 3.07. The zero-order chi connectivity index (χ0) is 14.0. The first-order valence-corrected chi connectivity index (χ1v) is 7.77. The largest absolute Gasteiger partial charge is 0.371 e. The summed E-state index contributed by atoms with van der Waals surface area (Å²) in [5.74, 6) is 0.0201. The normalized spacial score (nSPS) is 23.5. The van der Waals surface area contributed by atoms with Gasteiger partial charge in [-0.2, -0.15) is 0 Å². The number of morpholine rings is 1. The Morgan fingerprint density at radius 3 is 2.84 bits per heavy atom. The van der Waals surface area contributed by atoms with E-state index in [1.54, 1.807) is 6.07 Å². The van der Waals surface area contributed by atoms with Crippen LogP contribution in [0.15, 0.2) is 18.2 Å². The van der Waals surface area contributed by atoms with Gasteiger partial charge < -0.3 is 9.64 Å². The number of aryl methyl sites for hydroxylation is 1. The number of nitrogens with zero attached hydrogens (tertiary/aromatic N) is 1. The predicted molar refractivity (Wildman–Crippen MR) is 80.2 cm³/mol. The quantitative estimate of drug-likeness (QED) is 0.769. The van der Waals surface area contributed by atoms with E-state index in [9.17, 15) is 4.79 Å². The van der Waals surface area contributed by atoms with Crippen LogP contribution in [0.25, 0.3) is 0 Å². The molecule has 0 radical (unpaired) electrons. The van der Waals surface area contributed by atoms with Gasteiger partial charge in [0.2, 0.25) is 0 Å². The second-order valence-corrected chi connectivity index (χ2v) is 6.03. The van der Waals surface area contributed by atoms with Gasteiger partial charge in [-0.1, -0.05) is 27.5 Å². The molecule has 0 aliphatic carbocycles. The van der Waals surface area contributed by atoms with Crippen molar-refractivity contribution >= 4 is 33.4 Å². The first-order valence-electron chi connectivity index (χ1n) is 6.27. The van der Waals surface area contributed by atoms with Crippen molar-refractivity contribution in [2.24, 2.45) is 0 Å². The fourth-order valence-corrected chi connectivity index (χ4v) is 2.99. The molecule has 3 nitrogen and oxygen atoms in total. The SMILES string of the molecule is Cc1cc(Cl)cc(C(=O)N2CC(C)OC(CBr)C2)c1. The molecule has 0 bridgehead atoms. The highest BCUT2D eigenvalue weighted by molar-refractivity contribution is 9.09. The zero-order valence-corrected chi connectivity index (χ0v) is 13.4. The number of hydrogen-bond donors (Lipinski definition) is 0. The number of benzene rings is 1. The number of amides is 1. The smallest absolute Gasteiger partial charge is 0.254 e. The molecule has 104 valence electrons. The van der Waals surface area contributed by atoms with Crippen molar-refractivity contribution in [2.45, 2.75) is 26.1 Å². The second kappa shape index (κ2) is 6.25. The maximum atomic E-state index is 12.5. The van der Waals surface area contributed by atoms with Crippen LogP contribution in [0.1, 0.15) is 22.8 Å². The molecule has 1 amide bonds. The summed E-state index contributed by atoms with van der Waals surface area (Å²) in [6.45, 7) is 5.15. The highest BCUT2D eigenvalue weighted by Crippen LogP contribution is 2.19. The fraction of sp³-hybridized carbons (Fsp3) is 0.500. The van der Waals surface area contributed by atoms with Crippen molar-refractivity contribution in [1.29, 1.82) is 0 Å². The Labute approximate surface area is 127 Å². The van der Waals surface area contributed by atoms with Crippen LogP contribution in [0.3, 0.4) is 0 Å². The molecule has 1 aliphatic heterocycles. The van der Waals surface area contributed by atoms with Crippen molar-refractivity contribution < 1.29 is 9.53 Å². The first kappa shape index (κ1) is 14.8. The Balaban J connectivity index is 2.18. The van der Waals surface area contributed by atoms with Gasteiger partial charge in [-0.05, 0) is 37.6 Å². The molecule has 2 rings (SSSR count). The van der Waals surface area contributed by atoms with Crippen LogP contribution < -0.4 is 0 Å². The summed E-state index contributed by atoms with van der Waals surface area (Å²) in [4.78, 5) is 14.3. The third-order valence-corrected chi connectivity index (χ3v) is 4.02. The number of carbonyl (C=O) groups is 1. The molecule has 5 heteroatoms. The zero-order valence-electron chi connectivity index (χ0n) is 11.0. The standard InChI is InChI=1S/C14H17BrClNO2/c1-9-3-11(5-12(16)4-9)14(18)17-7-10(2)19-13(6-15)8-17/h3-5,10,13H,6-8H2,1-2H3. The molecule has 1 aromatic carbocycles. The lowest BCUT2D eigenvalue weighted by Crippen LogP contribution is -2.49. The molecule has 2 atom stereocenters. The minimum absolute atomic E-state index is 0.0201. The molecule has 19 heavy (non-hydrogen) atoms. The number of halogens is 2. The Kier molecular flexibility index (Phi) is 4.87. The molecule has 0 saturated carbocycles. The van der Waals surface area contributed by atoms with E-state index in [1.165, 1.54) is 0 Å². The van der Waals surface area contributed by atoms with E-state index >= 15 is 0 Å². The van der Waals surface area contributed by atoms with E-state index in [4.69, 9.17) is 16.3 Å². The molecule has 1 heterocycles. The van der Waals surface area contributed by atoms with Crippen molar-refractivity contribution in [2.75, 3.05) is 18.4 Å². The summed E-state index contributed by atoms with van der Waals surface area (Å²) in [5.41, 5.74) is 1.64. The summed E-state index contributed by atoms with van der Waals surface area (Å²) < 4.78 is 5.73. The monoisotopic (exact) mass is 345 g/mol. The van der Waals surface area contributed by atoms with Crippen LogP contribution in [0, 0.1) is 6.92 Å². The summed E-state index contributed by atoms with van der Waals surface area (Å²) in [6, 6.07) is 5.44. The maximum absolute atomic E-state index is 12.5. The molecular formula is C14H17BrClNO2. The van der Waals surface area contributed by atoms with Crippen molar-refractivity contribution in [3.05, 3.63) is 34.3 Å². The predicted octanol–water partition coefficient (Wildman–Crippen LogP) is 3.27. The molecule has 1 aliphatic rings. The summed E-state index contributed by atoms with van der Waals surface area (Å²) in [6.07, 6.45) is 0.105. The van der Waals surface area contributed by atoms with E-state index in [0.717, 1.165) is 10.9 Å². The summed E-state index contributed by atoms with van der Waals surface area (Å²) in [7, 11) is 0. The number of hydrogen-bond acceptors (Lipinski definition) is 2. The summed E-state index contributed by atoms with van der Waals surface area (Å²) in [5, 5.41) is 1.33. The van der Waals surface area contributed by atoms with Gasteiger partial charge in [0.15, 0.2) is 0 Å². The van der Waals surface area contributed by atoms with Gasteiger partial charge in [0.05, 0.1) is 12.2 Å². The average molecular weight is 347 g/mol. The lowest BCUT2D eigenvalue weighted by atomic mass is 10.1. The Morgan fingerprint density at radius 2 is 2.21 bits per heavy atom. The Bertz CT molecular complexity index is 460. The van der Waals surface area contributed by atoms with Crippen LogP contribution in [0.4, 0.5) is 0 Å². The lowest BCUT2D eigenvalue weighted by molar-refractivity contribution is -0.0559. The van der Waals surface area contributed by atoms with E-state index in [-0.39, 0.29) is 18.1 Å². The van der Waals surface area contributed by atoms with Crippen LogP contribution in [0.2, 0.25) is 5.02 Å². The number of carbonyl (C=O) groups excluding carboxylic acids is 1. The van der Waals surface area contributed by atoms with Gasteiger partial charge in [0.1, 0.15) is 0 Å². The van der Waals surface area contributed by atoms with Crippen LogP contribution in [0.5, 0.6) is 0 Å². The first-order chi connectivity index (χ1) is 8.99. The van der Waals surface area contributed by atoms with Crippen molar-refractivity contribution in [3.8, 4) is 0 Å². The topological polar surface area (TPSA) is 29.5 Å². The van der Waals surface area contributed by atoms with Crippen LogP contribution in [-0.4, -0.2) is 41.4 Å². The molecule has 0 aromatic heterocycles. The minimum Gasteiger partial charge on any atom is -0.371 e. The van der Waals surface area contributed by atoms with Crippen LogP contribution >= 0.6 is 27.5 Å². The van der Waals surface area contributed by atoms with Gasteiger partial charge in [-0.15, -0.1) is 0 Å². The highest BCUT2D eigenvalue weighted by Gasteiger charge is 2.28. The number of alkyl halides is 1. The molecule has 2 unspecified atom stereocenters. The molecule has 1 saturated heterocycles. The number of rotatable bonds is 2. The number of ether oxygens (including phenoxy) is 1. The Morgan fingerprint density at radius 1 is 1.47 bits per heavy atom. The van der Waals surface area contributed by atoms with E-state index in [2.05, 4.69) is 15.9 Å². The lowest BCUT2D eigenvalue weighted by Gasteiger charge is -2.36. The second-order valence-electron chi connectivity index (χ2n) is 4.95. The van der Waals surface area contributed by atoms with Crippen molar-refractivity contribution in [3.63, 3.8) is 0 Å². The van der Waals surface area contributed by atoms with Gasteiger partial charge in [-0.25, -0.2) is 0 Å². The third kappa shape index (κ3) is 3.71. The van der Waals surface area contributed by atoms with Gasteiger partial charge >= 0.3 is 0 Å². The van der Waals surface area contributed by atoms with Gasteiger partial charge in [-0.3, -0.25) is 4.79 Å². The highest BCUT2D eigenvalue weighted by atomic mass is 79.9. The molecular weight excluding hydrogens is 330 g/mol. The van der Waals surface area contributed by atoms with E-state index in [1.807, 2.05) is 30.9 Å². The van der Waals surface area contributed by atoms with E-state index < -0.39 is 0 Å². The molecule has 1 fully saturated rings. The van der Waals surface area contributed by atoms with Crippen molar-refractivity contribution in [1.82, 2.24) is 4.90 Å². The summed E-state index contributed by atoms with van der Waals surface area (Å²) >= 11 is 9.43. The molecule has 1 aromatic rings. The van der Waals surface area contributed by atoms with Crippen LogP contribution in [-0.2, 0) is 4.74 Å². The fourth-order valence-electron chi connectivity index (χ4n) is 2.34. The molecule has 0 spiro atoms. The van der Waals surface area contributed by atoms with Gasteiger partial charge in [0.25, 0.3) is 5.91 Å². The maximum Gasteiger partial charge on any atom is 0.254 e. The average Bonchev–Trinajstić information content (AvgIpc) is 2.35. The molecule has 0 N–H and O–H groups in total. The van der Waals surface area contributed by atoms with Gasteiger partial charge in [0, 0.05) is 29.0 Å². The van der Waals surface area contributed by atoms with E-state index in [0.29, 0.717) is 23.7 Å². The Hall–Kier alpha value is -0.580. The minimum atomic E-state index is 0.0201.